The van der Waals surface area contributed by atoms with Crippen LogP contribution in [0.1, 0.15) is 50.3 Å². The van der Waals surface area contributed by atoms with Crippen LogP contribution in [0.4, 0.5) is 5.69 Å². The molecule has 10 heteroatoms. The van der Waals surface area contributed by atoms with Gasteiger partial charge in [-0.05, 0) is 81.8 Å². The lowest BCUT2D eigenvalue weighted by atomic mass is 9.92. The van der Waals surface area contributed by atoms with E-state index in [4.69, 9.17) is 0 Å². The zero-order valence-electron chi connectivity index (χ0n) is 28.0. The van der Waals surface area contributed by atoms with Crippen LogP contribution in [0.2, 0.25) is 0 Å². The molecule has 0 aromatic heterocycles. The van der Waals surface area contributed by atoms with Gasteiger partial charge in [0.05, 0.1) is 5.56 Å². The van der Waals surface area contributed by atoms with Crippen molar-refractivity contribution >= 4 is 58.5 Å². The molecule has 0 aliphatic carbocycles. The molecule has 1 saturated heterocycles. The highest BCUT2D eigenvalue weighted by Gasteiger charge is 2.40. The van der Waals surface area contributed by atoms with Crippen molar-refractivity contribution in [3.05, 3.63) is 131 Å². The highest BCUT2D eigenvalue weighted by molar-refractivity contribution is 7.53. The quantitative estimate of drug-likeness (QED) is 0.0833. The van der Waals surface area contributed by atoms with Crippen molar-refractivity contribution in [2.75, 3.05) is 38.6 Å². The average Bonchev–Trinajstić information content (AvgIpc) is 3.12. The summed E-state index contributed by atoms with van der Waals surface area (Å²) in [6.07, 6.45) is 4.80. The zero-order valence-corrected chi connectivity index (χ0v) is 28.9. The SMILES string of the molecule is CN(C)c1ccc(/C=C/C(=O)N2CCC(CNC(=O)c3cc4ccccc4cc3C(=O)C(c3cccc4ccccc34)P(=O)(O)O)CC2)cc1. The number of piperidine rings is 1. The summed E-state index contributed by atoms with van der Waals surface area (Å²) in [6.45, 7) is 1.44. The lowest BCUT2D eigenvalue weighted by molar-refractivity contribution is -0.127. The van der Waals surface area contributed by atoms with Crippen molar-refractivity contribution < 1.29 is 28.7 Å². The lowest BCUT2D eigenvalue weighted by Crippen LogP contribution is -2.41. The van der Waals surface area contributed by atoms with Crippen molar-refractivity contribution in [1.82, 2.24) is 10.2 Å². The number of benzene rings is 5. The number of nitrogens with one attached hydrogen (secondary N) is 1. The minimum absolute atomic E-state index is 0.0500. The van der Waals surface area contributed by atoms with Gasteiger partial charge in [-0.25, -0.2) is 0 Å². The predicted molar refractivity (Wildman–Crippen MR) is 198 cm³/mol. The smallest absolute Gasteiger partial charge is 0.340 e. The second-order valence-corrected chi connectivity index (χ2v) is 14.7. The molecule has 256 valence electrons. The van der Waals surface area contributed by atoms with Gasteiger partial charge in [-0.3, -0.25) is 18.9 Å². The molecule has 1 aliphatic heterocycles. The molecule has 50 heavy (non-hydrogen) atoms. The summed E-state index contributed by atoms with van der Waals surface area (Å²) in [5.41, 5.74) is 0.443. The van der Waals surface area contributed by atoms with Crippen molar-refractivity contribution in [3.63, 3.8) is 0 Å². The van der Waals surface area contributed by atoms with Crippen LogP contribution < -0.4 is 10.2 Å². The van der Waals surface area contributed by atoms with Crippen LogP contribution in [0.15, 0.2) is 109 Å². The molecule has 0 saturated carbocycles. The first-order chi connectivity index (χ1) is 24.0. The largest absolute Gasteiger partial charge is 0.378 e. The van der Waals surface area contributed by atoms with Crippen LogP contribution in [-0.2, 0) is 9.36 Å². The number of carbonyl (C=O) groups excluding carboxylic acids is 3. The van der Waals surface area contributed by atoms with Gasteiger partial charge < -0.3 is 24.9 Å². The summed E-state index contributed by atoms with van der Waals surface area (Å²) < 4.78 is 13.0. The van der Waals surface area contributed by atoms with E-state index in [0.29, 0.717) is 43.2 Å². The van der Waals surface area contributed by atoms with E-state index >= 15 is 0 Å². The first kappa shape index (κ1) is 34.8. The van der Waals surface area contributed by atoms with Crippen molar-refractivity contribution in [2.45, 2.75) is 18.5 Å². The topological polar surface area (TPSA) is 127 Å². The Morgan fingerprint density at radius 1 is 0.840 bits per heavy atom. The second kappa shape index (κ2) is 14.8. The molecule has 1 aliphatic rings. The van der Waals surface area contributed by atoms with Crippen LogP contribution in [0.25, 0.3) is 27.6 Å². The Morgan fingerprint density at radius 3 is 2.08 bits per heavy atom. The number of likely N-dealkylation sites (tertiary alicyclic amines) is 1. The third-order valence-electron chi connectivity index (χ3n) is 9.40. The molecular weight excluding hydrogens is 649 g/mol. The van der Waals surface area contributed by atoms with Crippen LogP contribution in [-0.4, -0.2) is 66.0 Å². The summed E-state index contributed by atoms with van der Waals surface area (Å²) >= 11 is 0. The molecule has 3 N–H and O–H groups in total. The van der Waals surface area contributed by atoms with E-state index in [2.05, 4.69) is 5.32 Å². The fourth-order valence-electron chi connectivity index (χ4n) is 6.59. The molecule has 1 unspecified atom stereocenters. The Balaban J connectivity index is 1.17. The van der Waals surface area contributed by atoms with Crippen LogP contribution in [0, 0.1) is 5.92 Å². The maximum atomic E-state index is 14.3. The fraction of sp³-hybridized carbons (Fsp3) is 0.225. The molecule has 9 nitrogen and oxygen atoms in total. The van der Waals surface area contributed by atoms with Crippen molar-refractivity contribution in [3.8, 4) is 0 Å². The van der Waals surface area contributed by atoms with Gasteiger partial charge in [-0.2, -0.15) is 0 Å². The minimum Gasteiger partial charge on any atom is -0.378 e. The third kappa shape index (κ3) is 7.71. The summed E-state index contributed by atoms with van der Waals surface area (Å²) in [5.74, 6) is -1.26. The number of rotatable bonds is 10. The van der Waals surface area contributed by atoms with Crippen LogP contribution >= 0.6 is 7.60 Å². The first-order valence-corrected chi connectivity index (χ1v) is 18.3. The molecule has 5 aromatic rings. The van der Waals surface area contributed by atoms with E-state index in [0.717, 1.165) is 22.0 Å². The van der Waals surface area contributed by atoms with Gasteiger partial charge >= 0.3 is 7.60 Å². The zero-order chi connectivity index (χ0) is 35.4. The summed E-state index contributed by atoms with van der Waals surface area (Å²) in [4.78, 5) is 65.9. The number of hydrogen-bond donors (Lipinski definition) is 3. The average molecular weight is 690 g/mol. The van der Waals surface area contributed by atoms with E-state index in [1.54, 1.807) is 59.5 Å². The van der Waals surface area contributed by atoms with E-state index < -0.39 is 24.9 Å². The van der Waals surface area contributed by atoms with Crippen LogP contribution in [0.5, 0.6) is 0 Å². The maximum Gasteiger partial charge on any atom is 0.340 e. The third-order valence-corrected chi connectivity index (χ3v) is 10.6. The number of fused-ring (bicyclic) bond motifs is 2. The number of Topliss-reactive ketones (excluding diaryl/α,β-unsaturated/α-hetero) is 1. The van der Waals surface area contributed by atoms with Gasteiger partial charge in [0.15, 0.2) is 5.78 Å². The molecular formula is C40H40N3O6P. The molecule has 0 spiro atoms. The standard InChI is InChI=1S/C40H40N3O6P/c1-42(2)32-17-14-27(15-18-32)16-19-37(44)43-22-20-28(21-23-43)26-41-40(46)36-25-31-10-4-3-9-30(31)24-35(36)38(45)39(50(47,48)49)34-13-7-11-29-8-5-6-12-33(29)34/h3-19,24-25,28,39H,20-23,26H2,1-2H3,(H,41,46)(H2,47,48,49)/b19-16+. The van der Waals surface area contributed by atoms with Crippen molar-refractivity contribution in [1.29, 1.82) is 0 Å². The van der Waals surface area contributed by atoms with E-state index in [1.165, 1.54) is 0 Å². The fourth-order valence-corrected chi connectivity index (χ4v) is 7.62. The van der Waals surface area contributed by atoms with E-state index in [1.807, 2.05) is 79.7 Å². The summed E-state index contributed by atoms with van der Waals surface area (Å²) in [7, 11) is -1.08. The van der Waals surface area contributed by atoms with Gasteiger partial charge in [0, 0.05) is 51.1 Å². The minimum atomic E-state index is -5.03. The molecule has 0 radical (unpaired) electrons. The van der Waals surface area contributed by atoms with Gasteiger partial charge in [0.2, 0.25) is 5.91 Å². The van der Waals surface area contributed by atoms with Gasteiger partial charge in [-0.15, -0.1) is 0 Å². The number of carbonyl (C=O) groups is 3. The molecule has 6 rings (SSSR count). The Morgan fingerprint density at radius 2 is 1.44 bits per heavy atom. The number of nitrogens with zero attached hydrogens (tertiary/aromatic N) is 2. The Hall–Kier alpha value is -5.08. The second-order valence-electron chi connectivity index (χ2n) is 13.0. The van der Waals surface area contributed by atoms with Gasteiger partial charge in [0.25, 0.3) is 5.91 Å². The summed E-state index contributed by atoms with van der Waals surface area (Å²) in [6, 6.07) is 30.5. The first-order valence-electron chi connectivity index (χ1n) is 16.6. The molecule has 2 amide bonds. The Bertz CT molecular complexity index is 2130. The number of hydrogen-bond acceptors (Lipinski definition) is 5. The Kier molecular flexibility index (Phi) is 10.3. The van der Waals surface area contributed by atoms with E-state index in [9.17, 15) is 28.7 Å². The monoisotopic (exact) mass is 689 g/mol. The van der Waals surface area contributed by atoms with Gasteiger partial charge in [0.1, 0.15) is 5.66 Å². The van der Waals surface area contributed by atoms with E-state index in [-0.39, 0.29) is 28.5 Å². The molecule has 5 aromatic carbocycles. The lowest BCUT2D eigenvalue weighted by Gasteiger charge is -2.31. The molecule has 1 heterocycles. The maximum absolute atomic E-state index is 14.3. The van der Waals surface area contributed by atoms with Gasteiger partial charge in [-0.1, -0.05) is 78.9 Å². The normalized spacial score (nSPS) is 14.6. The molecule has 0 bridgehead atoms. The number of anilines is 1. The molecule has 1 fully saturated rings. The highest BCUT2D eigenvalue weighted by atomic mass is 31.2. The predicted octanol–water partition coefficient (Wildman–Crippen LogP) is 6.84. The molecule has 1 atom stereocenters. The van der Waals surface area contributed by atoms with Crippen molar-refractivity contribution in [2.24, 2.45) is 5.92 Å². The van der Waals surface area contributed by atoms with Crippen LogP contribution in [0.3, 0.4) is 0 Å². The number of amides is 2. The highest BCUT2D eigenvalue weighted by Crippen LogP contribution is 2.55. The number of ketones is 1. The Labute approximate surface area is 291 Å². The summed E-state index contributed by atoms with van der Waals surface area (Å²) in [5, 5.41) is 5.67.